The van der Waals surface area contributed by atoms with E-state index in [4.69, 9.17) is 4.42 Å². The molecule has 0 atom stereocenters. The monoisotopic (exact) mass is 407 g/mol. The second-order valence-electron chi connectivity index (χ2n) is 6.65. The van der Waals surface area contributed by atoms with Gasteiger partial charge < -0.3 is 14.6 Å². The summed E-state index contributed by atoms with van der Waals surface area (Å²) in [6, 6.07) is 16.5. The van der Waals surface area contributed by atoms with Gasteiger partial charge in [0.2, 0.25) is 0 Å². The lowest BCUT2D eigenvalue weighted by Gasteiger charge is -2.14. The zero-order valence-corrected chi connectivity index (χ0v) is 16.1. The minimum absolute atomic E-state index is 0.0705. The summed E-state index contributed by atoms with van der Waals surface area (Å²) >= 11 is 0. The number of aliphatic hydroxyl groups excluding tert-OH is 2. The quantitative estimate of drug-likeness (QED) is 0.486. The lowest BCUT2D eigenvalue weighted by molar-refractivity contribution is 0.267. The first-order valence-corrected chi connectivity index (χ1v) is 9.53. The molecule has 154 valence electrons. The average molecular weight is 407 g/mol. The van der Waals surface area contributed by atoms with E-state index in [1.807, 2.05) is 42.5 Å². The molecule has 8 nitrogen and oxygen atoms in total. The highest BCUT2D eigenvalue weighted by atomic mass is 16.4. The average Bonchev–Trinajstić information content (AvgIpc) is 3.31. The standard InChI is InChI=1S/C22H21N3O5/c26-13-10-24-19(16-6-2-1-3-7-16)20(25(11-14-27)21(24)28)17-8-4-5-9-18(17)23-12-15-30-22(23)29/h1-9,12,15,26-27H,10-11,13-14H2. The Bertz CT molecular complexity index is 1260. The van der Waals surface area contributed by atoms with E-state index >= 15 is 0 Å². The fourth-order valence-electron chi connectivity index (χ4n) is 3.70. The van der Waals surface area contributed by atoms with Crippen LogP contribution in [0.5, 0.6) is 0 Å². The molecule has 2 aromatic heterocycles. The third-order valence-corrected chi connectivity index (χ3v) is 4.91. The van der Waals surface area contributed by atoms with Gasteiger partial charge in [0.1, 0.15) is 6.26 Å². The molecule has 0 spiro atoms. The number of nitrogens with zero attached hydrogens (tertiary/aromatic N) is 3. The Morgan fingerprint density at radius 3 is 2.07 bits per heavy atom. The van der Waals surface area contributed by atoms with Gasteiger partial charge in [-0.25, -0.2) is 14.2 Å². The van der Waals surface area contributed by atoms with Crippen LogP contribution in [0.15, 0.2) is 81.1 Å². The van der Waals surface area contributed by atoms with Crippen LogP contribution in [0.2, 0.25) is 0 Å². The summed E-state index contributed by atoms with van der Waals surface area (Å²) in [6.45, 7) is -0.285. The van der Waals surface area contributed by atoms with Crippen LogP contribution in [0.1, 0.15) is 0 Å². The number of para-hydroxylation sites is 1. The maximum Gasteiger partial charge on any atom is 0.423 e. The van der Waals surface area contributed by atoms with E-state index in [1.54, 1.807) is 12.1 Å². The Labute approximate surface area is 171 Å². The summed E-state index contributed by atoms with van der Waals surface area (Å²) in [5.74, 6) is -0.547. The molecule has 0 saturated heterocycles. The number of benzene rings is 2. The maximum atomic E-state index is 13.2. The zero-order valence-electron chi connectivity index (χ0n) is 16.1. The molecule has 4 aromatic rings. The number of imidazole rings is 1. The fourth-order valence-corrected chi connectivity index (χ4v) is 3.70. The van der Waals surface area contributed by atoms with Crippen molar-refractivity contribution in [3.63, 3.8) is 0 Å². The van der Waals surface area contributed by atoms with E-state index in [0.29, 0.717) is 22.6 Å². The lowest BCUT2D eigenvalue weighted by atomic mass is 10.0. The van der Waals surface area contributed by atoms with Gasteiger partial charge in [0, 0.05) is 11.1 Å². The first kappa shape index (κ1) is 19.7. The first-order valence-electron chi connectivity index (χ1n) is 9.53. The highest BCUT2D eigenvalue weighted by Crippen LogP contribution is 2.35. The normalized spacial score (nSPS) is 11.1. The van der Waals surface area contributed by atoms with Crippen molar-refractivity contribution < 1.29 is 14.6 Å². The van der Waals surface area contributed by atoms with Crippen molar-refractivity contribution in [1.82, 2.24) is 13.7 Å². The predicted molar refractivity (Wildman–Crippen MR) is 112 cm³/mol. The minimum Gasteiger partial charge on any atom is -0.416 e. The van der Waals surface area contributed by atoms with Crippen LogP contribution in [-0.4, -0.2) is 37.1 Å². The van der Waals surface area contributed by atoms with Crippen LogP contribution in [0.4, 0.5) is 0 Å². The first-order chi connectivity index (χ1) is 14.7. The maximum absolute atomic E-state index is 13.2. The Morgan fingerprint density at radius 2 is 1.43 bits per heavy atom. The molecule has 2 heterocycles. The molecular formula is C22H21N3O5. The van der Waals surface area contributed by atoms with E-state index in [0.717, 1.165) is 5.56 Å². The second-order valence-corrected chi connectivity index (χ2v) is 6.65. The Hall–Kier alpha value is -3.62. The van der Waals surface area contributed by atoms with E-state index in [2.05, 4.69) is 0 Å². The van der Waals surface area contributed by atoms with Crippen molar-refractivity contribution in [2.24, 2.45) is 0 Å². The molecule has 2 aromatic carbocycles. The summed E-state index contributed by atoms with van der Waals surface area (Å²) < 4.78 is 9.26. The van der Waals surface area contributed by atoms with Crippen LogP contribution in [0.25, 0.3) is 28.2 Å². The van der Waals surface area contributed by atoms with Gasteiger partial charge in [-0.1, -0.05) is 48.5 Å². The molecule has 0 aliphatic carbocycles. The van der Waals surface area contributed by atoms with Gasteiger partial charge in [0.05, 0.1) is 49.6 Å². The molecular weight excluding hydrogens is 386 g/mol. The zero-order chi connectivity index (χ0) is 21.1. The summed E-state index contributed by atoms with van der Waals surface area (Å²) in [6.07, 6.45) is 2.82. The third-order valence-electron chi connectivity index (χ3n) is 4.91. The van der Waals surface area contributed by atoms with Gasteiger partial charge in [0.25, 0.3) is 0 Å². The number of rotatable bonds is 7. The van der Waals surface area contributed by atoms with Gasteiger partial charge >= 0.3 is 11.4 Å². The summed E-state index contributed by atoms with van der Waals surface area (Å²) in [4.78, 5) is 25.4. The van der Waals surface area contributed by atoms with Crippen molar-refractivity contribution in [2.45, 2.75) is 13.1 Å². The molecule has 4 rings (SSSR count). The fraction of sp³-hybridized carbons (Fsp3) is 0.182. The molecule has 0 saturated carbocycles. The lowest BCUT2D eigenvalue weighted by Crippen LogP contribution is -2.27. The summed E-state index contributed by atoms with van der Waals surface area (Å²) in [5.41, 5.74) is 2.76. The Kier molecular flexibility index (Phi) is 5.51. The van der Waals surface area contributed by atoms with Crippen LogP contribution in [0.3, 0.4) is 0 Å². The largest absolute Gasteiger partial charge is 0.423 e. The molecule has 8 heteroatoms. The number of hydrogen-bond acceptors (Lipinski definition) is 5. The van der Waals surface area contributed by atoms with Crippen LogP contribution >= 0.6 is 0 Å². The van der Waals surface area contributed by atoms with E-state index in [1.165, 1.54) is 26.2 Å². The number of hydrogen-bond donors (Lipinski definition) is 2. The topological polar surface area (TPSA) is 103 Å². The number of aliphatic hydroxyl groups is 2. The Balaban J connectivity index is 2.11. The third kappa shape index (κ3) is 3.32. The van der Waals surface area contributed by atoms with Crippen molar-refractivity contribution in [3.05, 3.63) is 88.1 Å². The van der Waals surface area contributed by atoms with Gasteiger partial charge in [-0.05, 0) is 6.07 Å². The van der Waals surface area contributed by atoms with Gasteiger partial charge in [-0.15, -0.1) is 0 Å². The van der Waals surface area contributed by atoms with Crippen molar-refractivity contribution >= 4 is 0 Å². The molecule has 0 aliphatic rings. The van der Waals surface area contributed by atoms with E-state index in [9.17, 15) is 19.8 Å². The van der Waals surface area contributed by atoms with Crippen molar-refractivity contribution in [1.29, 1.82) is 0 Å². The van der Waals surface area contributed by atoms with Gasteiger partial charge in [-0.2, -0.15) is 0 Å². The molecule has 2 N–H and O–H groups in total. The van der Waals surface area contributed by atoms with Crippen molar-refractivity contribution in [2.75, 3.05) is 13.2 Å². The Morgan fingerprint density at radius 1 is 0.800 bits per heavy atom. The highest BCUT2D eigenvalue weighted by Gasteiger charge is 2.24. The SMILES string of the molecule is O=c1occn1-c1ccccc1-c1c(-c2ccccc2)n(CCO)c(=O)n1CCO. The van der Waals surface area contributed by atoms with Crippen LogP contribution < -0.4 is 11.4 Å². The van der Waals surface area contributed by atoms with Crippen LogP contribution in [0, 0.1) is 0 Å². The molecule has 0 unspecified atom stereocenters. The van der Waals surface area contributed by atoms with E-state index in [-0.39, 0.29) is 32.0 Å². The van der Waals surface area contributed by atoms with Crippen molar-refractivity contribution in [3.8, 4) is 28.2 Å². The molecule has 0 fully saturated rings. The molecule has 0 radical (unpaired) electrons. The smallest absolute Gasteiger partial charge is 0.416 e. The second kappa shape index (κ2) is 8.40. The number of aromatic nitrogens is 3. The highest BCUT2D eigenvalue weighted by molar-refractivity contribution is 5.83. The summed E-state index contributed by atoms with van der Waals surface area (Å²) in [7, 11) is 0. The van der Waals surface area contributed by atoms with Crippen LogP contribution in [-0.2, 0) is 13.1 Å². The minimum atomic E-state index is -0.547. The van der Waals surface area contributed by atoms with Gasteiger partial charge in [-0.3, -0.25) is 9.13 Å². The predicted octanol–water partition coefficient (Wildman–Crippen LogP) is 1.71. The molecule has 0 amide bonds. The molecule has 0 aliphatic heterocycles. The number of oxazole rings is 1. The van der Waals surface area contributed by atoms with Gasteiger partial charge in [0.15, 0.2) is 0 Å². The van der Waals surface area contributed by atoms with E-state index < -0.39 is 5.76 Å². The summed E-state index contributed by atoms with van der Waals surface area (Å²) in [5, 5.41) is 19.2. The molecule has 0 bridgehead atoms. The molecule has 30 heavy (non-hydrogen) atoms.